The van der Waals surface area contributed by atoms with E-state index < -0.39 is 0 Å². The van der Waals surface area contributed by atoms with Crippen LogP contribution in [0.4, 0.5) is 0 Å². The fourth-order valence-electron chi connectivity index (χ4n) is 2.44. The summed E-state index contributed by atoms with van der Waals surface area (Å²) in [6.45, 7) is 4.77. The minimum absolute atomic E-state index is 0.680. The zero-order valence-corrected chi connectivity index (χ0v) is 9.50. The average molecular weight is 197 g/mol. The van der Waals surface area contributed by atoms with Crippen LogP contribution in [-0.2, 0) is 0 Å². The van der Waals surface area contributed by atoms with Gasteiger partial charge >= 0.3 is 0 Å². The van der Waals surface area contributed by atoms with Gasteiger partial charge in [0.1, 0.15) is 0 Å². The summed E-state index contributed by atoms with van der Waals surface area (Å²) in [4.78, 5) is 4.97. The van der Waals surface area contributed by atoms with Crippen LogP contribution in [0.1, 0.15) is 19.3 Å². The molecule has 0 aromatic heterocycles. The van der Waals surface area contributed by atoms with Gasteiger partial charge in [0, 0.05) is 38.3 Å². The molecule has 1 aliphatic heterocycles. The molecule has 2 fully saturated rings. The Kier molecular flexibility index (Phi) is 3.42. The summed E-state index contributed by atoms with van der Waals surface area (Å²) < 4.78 is 0. The highest BCUT2D eigenvalue weighted by molar-refractivity contribution is 4.84. The number of rotatable bonds is 3. The molecule has 0 aromatic carbocycles. The van der Waals surface area contributed by atoms with Crippen molar-refractivity contribution in [3.63, 3.8) is 0 Å². The highest BCUT2D eigenvalue weighted by Gasteiger charge is 2.25. The molecule has 0 amide bonds. The number of hydrogen-bond donors (Lipinski definition) is 1. The van der Waals surface area contributed by atoms with Gasteiger partial charge in [-0.1, -0.05) is 6.42 Å². The van der Waals surface area contributed by atoms with Crippen molar-refractivity contribution in [2.45, 2.75) is 31.3 Å². The molecule has 82 valence electrons. The molecule has 1 aliphatic carbocycles. The van der Waals surface area contributed by atoms with Crippen LogP contribution in [0.3, 0.4) is 0 Å². The van der Waals surface area contributed by atoms with Crippen molar-refractivity contribution < 1.29 is 0 Å². The lowest BCUT2D eigenvalue weighted by Crippen LogP contribution is -2.55. The van der Waals surface area contributed by atoms with E-state index >= 15 is 0 Å². The Morgan fingerprint density at radius 1 is 1.43 bits per heavy atom. The Labute approximate surface area is 87.4 Å². The largest absolute Gasteiger partial charge is 0.310 e. The summed E-state index contributed by atoms with van der Waals surface area (Å²) in [6, 6.07) is 1.56. The zero-order chi connectivity index (χ0) is 9.97. The summed E-state index contributed by atoms with van der Waals surface area (Å²) in [6.07, 6.45) is 4.27. The van der Waals surface area contributed by atoms with E-state index in [0.29, 0.717) is 6.04 Å². The first-order chi connectivity index (χ1) is 6.75. The van der Waals surface area contributed by atoms with Gasteiger partial charge in [0.05, 0.1) is 0 Å². The number of piperazine rings is 1. The standard InChI is InChI=1S/C11H23N3/c1-13-7-6-12-10(8-13)9-14(2)11-4-3-5-11/h10-12H,3-9H2,1-2H3. The second-order valence-electron chi connectivity index (χ2n) is 4.94. The quantitative estimate of drug-likeness (QED) is 0.705. The third-order valence-corrected chi connectivity index (χ3v) is 3.67. The lowest BCUT2D eigenvalue weighted by atomic mass is 9.91. The summed E-state index contributed by atoms with van der Waals surface area (Å²) in [5.41, 5.74) is 0. The Bertz CT molecular complexity index is 179. The smallest absolute Gasteiger partial charge is 0.0323 e. The van der Waals surface area contributed by atoms with Crippen LogP contribution in [0.25, 0.3) is 0 Å². The van der Waals surface area contributed by atoms with E-state index in [1.54, 1.807) is 0 Å². The molecular formula is C11H23N3. The first-order valence-corrected chi connectivity index (χ1v) is 5.88. The van der Waals surface area contributed by atoms with Crippen LogP contribution in [0.5, 0.6) is 0 Å². The highest BCUT2D eigenvalue weighted by atomic mass is 15.2. The van der Waals surface area contributed by atoms with Crippen LogP contribution in [0, 0.1) is 0 Å². The Morgan fingerprint density at radius 2 is 2.21 bits per heavy atom. The van der Waals surface area contributed by atoms with E-state index in [4.69, 9.17) is 0 Å². The summed E-state index contributed by atoms with van der Waals surface area (Å²) in [7, 11) is 4.50. The first-order valence-electron chi connectivity index (χ1n) is 5.88. The molecule has 0 radical (unpaired) electrons. The van der Waals surface area contributed by atoms with Gasteiger partial charge in [-0.15, -0.1) is 0 Å². The van der Waals surface area contributed by atoms with E-state index in [9.17, 15) is 0 Å². The van der Waals surface area contributed by atoms with E-state index in [1.807, 2.05) is 0 Å². The molecule has 14 heavy (non-hydrogen) atoms. The molecule has 0 aromatic rings. The third-order valence-electron chi connectivity index (χ3n) is 3.67. The van der Waals surface area contributed by atoms with Crippen molar-refractivity contribution in [3.05, 3.63) is 0 Å². The van der Waals surface area contributed by atoms with Gasteiger partial charge in [0.2, 0.25) is 0 Å². The van der Waals surface area contributed by atoms with E-state index in [0.717, 1.165) is 12.6 Å². The van der Waals surface area contributed by atoms with Crippen molar-refractivity contribution in [2.75, 3.05) is 40.3 Å². The van der Waals surface area contributed by atoms with Gasteiger partial charge in [-0.3, -0.25) is 0 Å². The topological polar surface area (TPSA) is 18.5 Å². The maximum absolute atomic E-state index is 3.60. The Morgan fingerprint density at radius 3 is 2.79 bits per heavy atom. The lowest BCUT2D eigenvalue weighted by Gasteiger charge is -2.39. The SMILES string of the molecule is CN1CCNC(CN(C)C2CCC2)C1. The van der Waals surface area contributed by atoms with Gasteiger partial charge in [0.25, 0.3) is 0 Å². The number of hydrogen-bond acceptors (Lipinski definition) is 3. The highest BCUT2D eigenvalue weighted by Crippen LogP contribution is 2.23. The first kappa shape index (κ1) is 10.4. The molecule has 3 heteroatoms. The van der Waals surface area contributed by atoms with E-state index in [1.165, 1.54) is 38.9 Å². The lowest BCUT2D eigenvalue weighted by molar-refractivity contribution is 0.124. The Balaban J connectivity index is 1.72. The van der Waals surface area contributed by atoms with Crippen LogP contribution in [0.15, 0.2) is 0 Å². The van der Waals surface area contributed by atoms with Crippen molar-refractivity contribution in [3.8, 4) is 0 Å². The molecule has 0 bridgehead atoms. The molecule has 3 nitrogen and oxygen atoms in total. The van der Waals surface area contributed by atoms with Gasteiger partial charge in [0.15, 0.2) is 0 Å². The number of nitrogens with one attached hydrogen (secondary N) is 1. The summed E-state index contributed by atoms with van der Waals surface area (Å²) in [5.74, 6) is 0. The van der Waals surface area contributed by atoms with Gasteiger partial charge < -0.3 is 15.1 Å². The van der Waals surface area contributed by atoms with Crippen molar-refractivity contribution in [2.24, 2.45) is 0 Å². The predicted octanol–water partition coefficient (Wildman–Crippen LogP) is 0.374. The van der Waals surface area contributed by atoms with Gasteiger partial charge in [-0.25, -0.2) is 0 Å². The molecular weight excluding hydrogens is 174 g/mol. The van der Waals surface area contributed by atoms with E-state index in [-0.39, 0.29) is 0 Å². The maximum Gasteiger partial charge on any atom is 0.0323 e. The fraction of sp³-hybridized carbons (Fsp3) is 1.00. The van der Waals surface area contributed by atoms with Crippen molar-refractivity contribution in [1.29, 1.82) is 0 Å². The molecule has 2 rings (SSSR count). The normalized spacial score (nSPS) is 30.6. The summed E-state index contributed by atoms with van der Waals surface area (Å²) in [5, 5.41) is 3.60. The minimum atomic E-state index is 0.680. The molecule has 1 atom stereocenters. The van der Waals surface area contributed by atoms with Gasteiger partial charge in [-0.05, 0) is 26.9 Å². The van der Waals surface area contributed by atoms with Crippen molar-refractivity contribution >= 4 is 0 Å². The second kappa shape index (κ2) is 4.60. The van der Waals surface area contributed by atoms with Crippen LogP contribution < -0.4 is 5.32 Å². The molecule has 1 heterocycles. The fourth-order valence-corrected chi connectivity index (χ4v) is 2.44. The maximum atomic E-state index is 3.60. The monoisotopic (exact) mass is 197 g/mol. The zero-order valence-electron chi connectivity index (χ0n) is 9.50. The van der Waals surface area contributed by atoms with Crippen molar-refractivity contribution in [1.82, 2.24) is 15.1 Å². The van der Waals surface area contributed by atoms with E-state index in [2.05, 4.69) is 29.2 Å². The Hall–Kier alpha value is -0.120. The third kappa shape index (κ3) is 2.47. The molecule has 2 aliphatic rings. The molecule has 0 spiro atoms. The molecule has 1 unspecified atom stereocenters. The summed E-state index contributed by atoms with van der Waals surface area (Å²) >= 11 is 0. The average Bonchev–Trinajstić information content (AvgIpc) is 1.99. The van der Waals surface area contributed by atoms with Crippen LogP contribution in [-0.4, -0.2) is 62.2 Å². The predicted molar refractivity (Wildman–Crippen MR) is 59.6 cm³/mol. The van der Waals surface area contributed by atoms with Gasteiger partial charge in [-0.2, -0.15) is 0 Å². The molecule has 1 saturated heterocycles. The molecule has 1 N–H and O–H groups in total. The second-order valence-corrected chi connectivity index (χ2v) is 4.94. The minimum Gasteiger partial charge on any atom is -0.310 e. The van der Waals surface area contributed by atoms with Crippen LogP contribution in [0.2, 0.25) is 0 Å². The van der Waals surface area contributed by atoms with Crippen LogP contribution >= 0.6 is 0 Å². The molecule has 1 saturated carbocycles. The number of nitrogens with zero attached hydrogens (tertiary/aromatic N) is 2. The number of likely N-dealkylation sites (N-methyl/N-ethyl adjacent to an activating group) is 2.